The fourth-order valence-corrected chi connectivity index (χ4v) is 3.38. The minimum absolute atomic E-state index is 0.135. The van der Waals surface area contributed by atoms with Crippen molar-refractivity contribution in [2.75, 3.05) is 19.8 Å². The van der Waals surface area contributed by atoms with E-state index in [1.807, 2.05) is 20.8 Å². The van der Waals surface area contributed by atoms with Crippen LogP contribution in [0.15, 0.2) is 0 Å². The van der Waals surface area contributed by atoms with Crippen molar-refractivity contribution in [2.24, 2.45) is 0 Å². The van der Waals surface area contributed by atoms with Crippen molar-refractivity contribution in [2.45, 2.75) is 116 Å². The molecule has 2 atom stereocenters. The van der Waals surface area contributed by atoms with Crippen LogP contribution in [0.1, 0.15) is 105 Å². The van der Waals surface area contributed by atoms with E-state index < -0.39 is 5.60 Å². The van der Waals surface area contributed by atoms with E-state index in [9.17, 15) is 14.7 Å². The van der Waals surface area contributed by atoms with Gasteiger partial charge >= 0.3 is 11.9 Å². The van der Waals surface area contributed by atoms with Gasteiger partial charge in [-0.3, -0.25) is 9.59 Å². The number of hydrogen-bond donors (Lipinski definition) is 2. The van der Waals surface area contributed by atoms with Crippen LogP contribution in [0.4, 0.5) is 0 Å². The average molecular weight is 416 g/mol. The number of esters is 2. The highest BCUT2D eigenvalue weighted by atomic mass is 16.5. The summed E-state index contributed by atoms with van der Waals surface area (Å²) in [5.74, 6) is -0.335. The van der Waals surface area contributed by atoms with Crippen molar-refractivity contribution in [3.05, 3.63) is 0 Å². The first-order valence-electron chi connectivity index (χ1n) is 11.6. The second-order valence-electron chi connectivity index (χ2n) is 8.07. The molecule has 2 unspecified atom stereocenters. The lowest BCUT2D eigenvalue weighted by atomic mass is 9.93. The maximum absolute atomic E-state index is 12.2. The smallest absolute Gasteiger partial charge is 0.323 e. The van der Waals surface area contributed by atoms with Crippen LogP contribution in [0.2, 0.25) is 0 Å². The van der Waals surface area contributed by atoms with Crippen molar-refractivity contribution in [3.63, 3.8) is 0 Å². The molecule has 0 aromatic heterocycles. The maximum atomic E-state index is 12.2. The van der Waals surface area contributed by atoms with Crippen LogP contribution >= 0.6 is 0 Å². The Morgan fingerprint density at radius 2 is 1.55 bits per heavy atom. The fraction of sp³-hybridized carbons (Fsp3) is 0.913. The molecule has 0 aromatic carbocycles. The van der Waals surface area contributed by atoms with E-state index in [0.29, 0.717) is 26.2 Å². The van der Waals surface area contributed by atoms with Crippen LogP contribution in [0.5, 0.6) is 0 Å². The van der Waals surface area contributed by atoms with Crippen molar-refractivity contribution in [1.29, 1.82) is 0 Å². The first-order valence-corrected chi connectivity index (χ1v) is 11.6. The lowest BCUT2D eigenvalue weighted by Gasteiger charge is -2.24. The van der Waals surface area contributed by atoms with Crippen LogP contribution in [-0.4, -0.2) is 48.4 Å². The molecule has 0 aliphatic rings. The second-order valence-corrected chi connectivity index (χ2v) is 8.07. The quantitative estimate of drug-likeness (QED) is 0.238. The number of nitrogens with one attached hydrogen (secondary N) is 1. The minimum atomic E-state index is -0.630. The molecular weight excluding hydrogens is 370 g/mol. The van der Waals surface area contributed by atoms with Gasteiger partial charge < -0.3 is 19.9 Å². The van der Waals surface area contributed by atoms with E-state index in [0.717, 1.165) is 70.6 Å². The highest BCUT2D eigenvalue weighted by Gasteiger charge is 2.21. The van der Waals surface area contributed by atoms with Gasteiger partial charge in [0.15, 0.2) is 0 Å². The topological polar surface area (TPSA) is 84.9 Å². The predicted octanol–water partition coefficient (Wildman–Crippen LogP) is 4.52. The molecule has 6 nitrogen and oxygen atoms in total. The summed E-state index contributed by atoms with van der Waals surface area (Å²) >= 11 is 0. The van der Waals surface area contributed by atoms with Crippen molar-refractivity contribution >= 4 is 11.9 Å². The summed E-state index contributed by atoms with van der Waals surface area (Å²) in [5, 5.41) is 13.8. The van der Waals surface area contributed by atoms with E-state index in [1.54, 1.807) is 0 Å². The molecule has 29 heavy (non-hydrogen) atoms. The third-order valence-electron chi connectivity index (χ3n) is 5.10. The first-order chi connectivity index (χ1) is 13.9. The van der Waals surface area contributed by atoms with Crippen LogP contribution in [0.25, 0.3) is 0 Å². The molecule has 0 rings (SSSR count). The van der Waals surface area contributed by atoms with Crippen molar-refractivity contribution < 1.29 is 24.2 Å². The zero-order chi connectivity index (χ0) is 22.0. The summed E-state index contributed by atoms with van der Waals surface area (Å²) in [7, 11) is 0. The van der Waals surface area contributed by atoms with Crippen LogP contribution < -0.4 is 5.32 Å². The van der Waals surface area contributed by atoms with Crippen LogP contribution in [0.3, 0.4) is 0 Å². The van der Waals surface area contributed by atoms with E-state index in [-0.39, 0.29) is 18.0 Å². The van der Waals surface area contributed by atoms with Gasteiger partial charge in [0.2, 0.25) is 0 Å². The van der Waals surface area contributed by atoms with Gasteiger partial charge in [0, 0.05) is 6.42 Å². The number of hydrogen-bond acceptors (Lipinski definition) is 6. The van der Waals surface area contributed by atoms with Gasteiger partial charge in [-0.1, -0.05) is 45.4 Å². The van der Waals surface area contributed by atoms with Crippen molar-refractivity contribution in [3.8, 4) is 0 Å². The Morgan fingerprint density at radius 1 is 0.897 bits per heavy atom. The summed E-state index contributed by atoms with van der Waals surface area (Å²) < 4.78 is 10.1. The number of rotatable bonds is 19. The molecule has 0 aromatic rings. The van der Waals surface area contributed by atoms with Gasteiger partial charge in [0.05, 0.1) is 18.8 Å². The Balaban J connectivity index is 4.10. The molecule has 0 fully saturated rings. The van der Waals surface area contributed by atoms with Gasteiger partial charge in [-0.2, -0.15) is 0 Å². The van der Waals surface area contributed by atoms with Gasteiger partial charge in [-0.25, -0.2) is 0 Å². The number of carbonyl (C=O) groups excluding carboxylic acids is 2. The number of aliphatic hydroxyl groups is 1. The highest BCUT2D eigenvalue weighted by Crippen LogP contribution is 2.20. The maximum Gasteiger partial charge on any atom is 0.323 e. The van der Waals surface area contributed by atoms with E-state index >= 15 is 0 Å². The normalized spacial score (nSPS) is 14.2. The molecule has 0 aliphatic carbocycles. The molecule has 6 heteroatoms. The average Bonchev–Trinajstić information content (AvgIpc) is 2.66. The van der Waals surface area contributed by atoms with E-state index in [4.69, 9.17) is 9.47 Å². The van der Waals surface area contributed by atoms with Gasteiger partial charge in [0.25, 0.3) is 0 Å². The molecule has 0 heterocycles. The first kappa shape index (κ1) is 27.9. The SMILES string of the molecule is CCCCCC(C)(O)CCCNC(CCCCCCC(=O)OCC)C(=O)OCC. The molecule has 0 saturated carbocycles. The number of carbonyl (C=O) groups is 2. The fourth-order valence-electron chi connectivity index (χ4n) is 3.38. The highest BCUT2D eigenvalue weighted by molar-refractivity contribution is 5.75. The lowest BCUT2D eigenvalue weighted by Crippen LogP contribution is -2.39. The third kappa shape index (κ3) is 16.4. The zero-order valence-electron chi connectivity index (χ0n) is 19.3. The van der Waals surface area contributed by atoms with Crippen LogP contribution in [0, 0.1) is 0 Å². The molecule has 0 amide bonds. The molecule has 0 saturated heterocycles. The Bertz CT molecular complexity index is 425. The monoisotopic (exact) mass is 415 g/mol. The van der Waals surface area contributed by atoms with Gasteiger partial charge in [0.1, 0.15) is 6.04 Å². The Labute approximate surface area is 178 Å². The summed E-state index contributed by atoms with van der Waals surface area (Å²) in [6.07, 6.45) is 10.6. The number of ether oxygens (including phenoxy) is 2. The minimum Gasteiger partial charge on any atom is -0.466 e. The molecule has 0 radical (unpaired) electrons. The standard InChI is InChI=1S/C23H45NO5/c1-5-8-13-17-23(4,27)18-14-19-24-20(22(26)29-7-3)15-11-9-10-12-16-21(25)28-6-2/h20,24,27H,5-19H2,1-4H3. The Hall–Kier alpha value is -1.14. The lowest BCUT2D eigenvalue weighted by molar-refractivity contribution is -0.146. The second kappa shape index (κ2) is 17.7. The molecule has 172 valence electrons. The zero-order valence-corrected chi connectivity index (χ0v) is 19.3. The molecular formula is C23H45NO5. The third-order valence-corrected chi connectivity index (χ3v) is 5.10. The Kier molecular flexibility index (Phi) is 17.0. The van der Waals surface area contributed by atoms with E-state index in [1.165, 1.54) is 0 Å². The molecule has 0 spiro atoms. The predicted molar refractivity (Wildman–Crippen MR) is 117 cm³/mol. The van der Waals surface area contributed by atoms with E-state index in [2.05, 4.69) is 12.2 Å². The Morgan fingerprint density at radius 3 is 2.21 bits per heavy atom. The summed E-state index contributed by atoms with van der Waals surface area (Å²) in [6, 6.07) is -0.301. The number of unbranched alkanes of at least 4 members (excludes halogenated alkanes) is 5. The van der Waals surface area contributed by atoms with Crippen LogP contribution in [-0.2, 0) is 19.1 Å². The van der Waals surface area contributed by atoms with Gasteiger partial charge in [-0.05, 0) is 59.4 Å². The molecule has 0 aliphatic heterocycles. The molecule has 0 bridgehead atoms. The van der Waals surface area contributed by atoms with Crippen molar-refractivity contribution in [1.82, 2.24) is 5.32 Å². The molecule has 2 N–H and O–H groups in total. The summed E-state index contributed by atoms with van der Waals surface area (Å²) in [4.78, 5) is 23.5. The summed E-state index contributed by atoms with van der Waals surface area (Å²) in [6.45, 7) is 9.20. The van der Waals surface area contributed by atoms with Gasteiger partial charge in [-0.15, -0.1) is 0 Å². The largest absolute Gasteiger partial charge is 0.466 e. The summed E-state index contributed by atoms with van der Waals surface area (Å²) in [5.41, 5.74) is -0.630.